The highest BCUT2D eigenvalue weighted by Crippen LogP contribution is 2.21. The number of aromatic hydroxyl groups is 1. The minimum atomic E-state index is -1.46. The number of carboxylic acids is 2. The van der Waals surface area contributed by atoms with Crippen LogP contribution >= 0.6 is 0 Å². The van der Waals surface area contributed by atoms with Gasteiger partial charge in [0.05, 0.1) is 12.6 Å². The number of unbranched alkanes of at least 4 members (excludes halogenated alkanes) is 2. The number of benzene rings is 1. The number of aliphatic carboxylic acids is 2. The van der Waals surface area contributed by atoms with Crippen LogP contribution in [-0.4, -0.2) is 141 Å². The van der Waals surface area contributed by atoms with Gasteiger partial charge in [0.1, 0.15) is 42.0 Å². The lowest BCUT2D eigenvalue weighted by atomic mass is 10.0. The molecule has 1 aromatic rings. The summed E-state index contributed by atoms with van der Waals surface area (Å²) in [5, 5.41) is 50.7. The van der Waals surface area contributed by atoms with Crippen molar-refractivity contribution in [1.82, 2.24) is 31.5 Å². The third-order valence-electron chi connectivity index (χ3n) is 9.51. The van der Waals surface area contributed by atoms with Gasteiger partial charge in [-0.3, -0.25) is 33.6 Å². The number of carbonyl (C=O) groups is 8. The molecule has 1 aliphatic heterocycles. The maximum absolute atomic E-state index is 14.1. The van der Waals surface area contributed by atoms with E-state index in [1.54, 1.807) is 0 Å². The number of phenols is 1. The minimum Gasteiger partial charge on any atom is -0.508 e. The highest BCUT2D eigenvalue weighted by Gasteiger charge is 2.40. The molecule has 0 aromatic heterocycles. The number of likely N-dealkylation sites (tertiary alicyclic amines) is 1. The Kier molecular flexibility index (Phi) is 21.1. The number of nitrogens with two attached hydrogens (primary N) is 3. The second kappa shape index (κ2) is 25.1. The summed E-state index contributed by atoms with van der Waals surface area (Å²) in [5.41, 5.74) is 17.3. The van der Waals surface area contributed by atoms with Crippen LogP contribution in [0.15, 0.2) is 24.3 Å². The number of nitrogens with one attached hydrogen (secondary N) is 5. The Balaban J connectivity index is 2.30. The van der Waals surface area contributed by atoms with Gasteiger partial charge in [-0.25, -0.2) is 4.79 Å². The van der Waals surface area contributed by atoms with Crippen molar-refractivity contribution in [2.45, 2.75) is 120 Å². The van der Waals surface area contributed by atoms with Gasteiger partial charge < -0.3 is 69.1 Å². The molecule has 0 radical (unpaired) electrons. The first-order valence-electron chi connectivity index (χ1n) is 19.3. The Morgan fingerprint density at radius 2 is 1.36 bits per heavy atom. The quantitative estimate of drug-likeness (QED) is 0.0412. The fraction of sp³-hybridized carbons (Fsp3) is 0.622. The number of hydrogen-bond acceptors (Lipinski definition) is 13. The van der Waals surface area contributed by atoms with E-state index in [0.717, 1.165) is 0 Å². The summed E-state index contributed by atoms with van der Waals surface area (Å²) in [5.74, 6) is -7.37. The smallest absolute Gasteiger partial charge is 0.326 e. The highest BCUT2D eigenvalue weighted by molar-refractivity contribution is 5.97. The van der Waals surface area contributed by atoms with Crippen LogP contribution < -0.4 is 43.8 Å². The van der Waals surface area contributed by atoms with E-state index in [-0.39, 0.29) is 50.9 Å². The Hall–Kier alpha value is -5.38. The lowest BCUT2D eigenvalue weighted by molar-refractivity contribution is -0.144. The van der Waals surface area contributed by atoms with Gasteiger partial charge in [-0.05, 0) is 95.5 Å². The number of carboxylic acid groups (broad SMARTS) is 2. The van der Waals surface area contributed by atoms with Gasteiger partial charge in [0.25, 0.3) is 0 Å². The molecule has 21 heteroatoms. The van der Waals surface area contributed by atoms with Crippen LogP contribution in [0, 0.1) is 0 Å². The largest absolute Gasteiger partial charge is 0.508 e. The predicted molar refractivity (Wildman–Crippen MR) is 207 cm³/mol. The fourth-order valence-electron chi connectivity index (χ4n) is 6.18. The molecule has 2 rings (SSSR count). The molecule has 7 unspecified atom stereocenters. The van der Waals surface area contributed by atoms with Gasteiger partial charge in [0, 0.05) is 19.4 Å². The van der Waals surface area contributed by atoms with Crippen molar-refractivity contribution < 1.29 is 58.8 Å². The van der Waals surface area contributed by atoms with Crippen molar-refractivity contribution in [1.29, 1.82) is 0 Å². The zero-order valence-corrected chi connectivity index (χ0v) is 32.7. The number of aliphatic hydroxyl groups excluding tert-OH is 1. The molecular formula is C37H59N9O12. The maximum atomic E-state index is 14.1. The zero-order valence-electron chi connectivity index (χ0n) is 32.7. The van der Waals surface area contributed by atoms with Gasteiger partial charge in [-0.2, -0.15) is 0 Å². The van der Waals surface area contributed by atoms with E-state index in [1.165, 1.54) is 36.1 Å². The summed E-state index contributed by atoms with van der Waals surface area (Å²) in [4.78, 5) is 105. The lowest BCUT2D eigenvalue weighted by Crippen LogP contribution is -2.59. The standard InChI is InChI=1S/C37H59N9O12/c1-21(47)31(40)35(55)41-20-29(49)42-24(14-15-30(50)51)32(52)43-25(7-2-4-16-38)36(56)46-18-6-9-28(46)34(54)45-27(19-22-10-12-23(48)13-11-22)33(53)44-26(37(57)58)8-3-5-17-39/h10-13,21,24-28,31,47-48H,2-9,14-20,38-40H2,1H3,(H,41,55)(H,42,49)(H,43,52)(H,44,53)(H,45,54)(H,50,51)(H,57,58). The number of hydrogen-bond donors (Lipinski definition) is 12. The van der Waals surface area contributed by atoms with Gasteiger partial charge in [-0.15, -0.1) is 0 Å². The molecular weight excluding hydrogens is 762 g/mol. The van der Waals surface area contributed by atoms with Crippen molar-refractivity contribution in [3.63, 3.8) is 0 Å². The SMILES string of the molecule is CC(O)C(N)C(=O)NCC(=O)NC(CCC(=O)O)C(=O)NC(CCCCN)C(=O)N1CCCC1C(=O)NC(Cc1ccc(O)cc1)C(=O)NC(CCCCN)C(=O)O. The van der Waals surface area contributed by atoms with Crippen LogP contribution in [0.4, 0.5) is 0 Å². The molecule has 0 aliphatic carbocycles. The number of aliphatic hydroxyl groups is 1. The average molecular weight is 822 g/mol. The van der Waals surface area contributed by atoms with Crippen LogP contribution in [-0.2, 0) is 44.8 Å². The third-order valence-corrected chi connectivity index (χ3v) is 9.51. The van der Waals surface area contributed by atoms with Crippen LogP contribution in [0.5, 0.6) is 5.75 Å². The summed E-state index contributed by atoms with van der Waals surface area (Å²) in [7, 11) is 0. The Morgan fingerprint density at radius 1 is 0.776 bits per heavy atom. The van der Waals surface area contributed by atoms with Crippen molar-refractivity contribution in [3.8, 4) is 5.75 Å². The monoisotopic (exact) mass is 821 g/mol. The molecule has 1 saturated heterocycles. The molecule has 1 aromatic carbocycles. The Morgan fingerprint density at radius 3 is 1.93 bits per heavy atom. The number of phenolic OH excluding ortho intramolecular Hbond substituents is 1. The lowest BCUT2D eigenvalue weighted by Gasteiger charge is -2.31. The van der Waals surface area contributed by atoms with Crippen LogP contribution in [0.1, 0.15) is 76.7 Å². The van der Waals surface area contributed by atoms with E-state index in [4.69, 9.17) is 17.2 Å². The normalized spacial score (nSPS) is 16.8. The molecule has 324 valence electrons. The first kappa shape index (κ1) is 48.8. The van der Waals surface area contributed by atoms with E-state index in [0.29, 0.717) is 44.2 Å². The van der Waals surface area contributed by atoms with E-state index >= 15 is 0 Å². The molecule has 1 aliphatic rings. The number of nitrogens with zero attached hydrogens (tertiary/aromatic N) is 1. The number of carbonyl (C=O) groups excluding carboxylic acids is 6. The fourth-order valence-corrected chi connectivity index (χ4v) is 6.18. The Bertz CT molecular complexity index is 1560. The summed E-state index contributed by atoms with van der Waals surface area (Å²) in [6.45, 7) is 1.32. The summed E-state index contributed by atoms with van der Waals surface area (Å²) < 4.78 is 0. The van der Waals surface area contributed by atoms with E-state index in [2.05, 4.69) is 26.6 Å². The van der Waals surface area contributed by atoms with Crippen LogP contribution in [0.2, 0.25) is 0 Å². The van der Waals surface area contributed by atoms with Crippen LogP contribution in [0.25, 0.3) is 0 Å². The molecule has 1 fully saturated rings. The van der Waals surface area contributed by atoms with Crippen molar-refractivity contribution in [2.24, 2.45) is 17.2 Å². The molecule has 7 atom stereocenters. The molecule has 0 saturated carbocycles. The second-order valence-electron chi connectivity index (χ2n) is 14.2. The molecule has 0 spiro atoms. The zero-order chi connectivity index (χ0) is 43.4. The molecule has 21 nitrogen and oxygen atoms in total. The molecule has 15 N–H and O–H groups in total. The number of rotatable bonds is 26. The number of amides is 6. The molecule has 1 heterocycles. The van der Waals surface area contributed by atoms with E-state index in [1.807, 2.05) is 0 Å². The summed E-state index contributed by atoms with van der Waals surface area (Å²) >= 11 is 0. The van der Waals surface area contributed by atoms with Crippen molar-refractivity contribution in [2.75, 3.05) is 26.2 Å². The molecule has 0 bridgehead atoms. The van der Waals surface area contributed by atoms with E-state index < -0.39 is 103 Å². The second-order valence-corrected chi connectivity index (χ2v) is 14.2. The Labute approximate surface area is 336 Å². The molecule has 58 heavy (non-hydrogen) atoms. The first-order valence-corrected chi connectivity index (χ1v) is 19.3. The minimum absolute atomic E-state index is 0.0360. The van der Waals surface area contributed by atoms with E-state index in [9.17, 15) is 58.8 Å². The van der Waals surface area contributed by atoms with Gasteiger partial charge in [0.2, 0.25) is 35.4 Å². The third kappa shape index (κ3) is 16.6. The summed E-state index contributed by atoms with van der Waals surface area (Å²) in [6, 6.07) is -1.86. The average Bonchev–Trinajstić information content (AvgIpc) is 3.68. The van der Waals surface area contributed by atoms with Crippen LogP contribution in [0.3, 0.4) is 0 Å². The van der Waals surface area contributed by atoms with Crippen molar-refractivity contribution in [3.05, 3.63) is 29.8 Å². The topological polar surface area (TPSA) is 359 Å². The summed E-state index contributed by atoms with van der Waals surface area (Å²) in [6.07, 6.45) is 0.282. The maximum Gasteiger partial charge on any atom is 0.326 e. The molecule has 6 amide bonds. The highest BCUT2D eigenvalue weighted by atomic mass is 16.4. The predicted octanol–water partition coefficient (Wildman–Crippen LogP) is -3.10. The van der Waals surface area contributed by atoms with Gasteiger partial charge in [-0.1, -0.05) is 12.1 Å². The van der Waals surface area contributed by atoms with Crippen molar-refractivity contribution >= 4 is 47.4 Å². The van der Waals surface area contributed by atoms with Gasteiger partial charge >= 0.3 is 11.9 Å². The van der Waals surface area contributed by atoms with Gasteiger partial charge in [0.15, 0.2) is 0 Å². The first-order chi connectivity index (χ1) is 27.5.